The molecule has 0 radical (unpaired) electrons. The van der Waals surface area contributed by atoms with Crippen LogP contribution in [0.3, 0.4) is 0 Å². The minimum atomic E-state index is -4.75. The number of aliphatic hydroxyl groups is 1. The summed E-state index contributed by atoms with van der Waals surface area (Å²) >= 11 is 0. The number of pyridine rings is 1. The fraction of sp³-hybridized carbons (Fsp3) is 0.565. The second kappa shape index (κ2) is 9.34. The molecule has 2 atom stereocenters. The van der Waals surface area contributed by atoms with Gasteiger partial charge in [-0.1, -0.05) is 0 Å². The van der Waals surface area contributed by atoms with E-state index in [0.29, 0.717) is 25.3 Å². The summed E-state index contributed by atoms with van der Waals surface area (Å²) in [5, 5.41) is 8.90. The Morgan fingerprint density at radius 1 is 1.15 bits per heavy atom. The average Bonchev–Trinajstić information content (AvgIpc) is 3.17. The first-order valence-corrected chi connectivity index (χ1v) is 10.7. The number of carbonyl (C=O) groups is 3. The van der Waals surface area contributed by atoms with Crippen molar-refractivity contribution in [3.05, 3.63) is 40.4 Å². The van der Waals surface area contributed by atoms with Crippen molar-refractivity contribution >= 4 is 17.5 Å². The molecule has 0 saturated heterocycles. The van der Waals surface area contributed by atoms with Gasteiger partial charge in [-0.2, -0.15) is 13.2 Å². The van der Waals surface area contributed by atoms with Gasteiger partial charge in [-0.3, -0.25) is 14.4 Å². The maximum absolute atomic E-state index is 13.5. The first-order valence-electron chi connectivity index (χ1n) is 10.7. The molecule has 33 heavy (non-hydrogen) atoms. The van der Waals surface area contributed by atoms with Crippen LogP contribution in [-0.4, -0.2) is 40.8 Å². The van der Waals surface area contributed by atoms with Gasteiger partial charge in [0.2, 0.25) is 5.78 Å². The zero-order chi connectivity index (χ0) is 24.6. The van der Waals surface area contributed by atoms with Gasteiger partial charge < -0.3 is 14.6 Å². The van der Waals surface area contributed by atoms with E-state index >= 15 is 0 Å². The summed E-state index contributed by atoms with van der Waals surface area (Å²) in [7, 11) is 0. The van der Waals surface area contributed by atoms with E-state index in [1.165, 1.54) is 0 Å². The van der Waals surface area contributed by atoms with Gasteiger partial charge in [-0.15, -0.1) is 0 Å². The molecule has 1 N–H and O–H groups in total. The zero-order valence-corrected chi connectivity index (χ0v) is 18.6. The number of ketones is 2. The van der Waals surface area contributed by atoms with Crippen molar-refractivity contribution in [2.75, 3.05) is 13.2 Å². The molecule has 2 unspecified atom stereocenters. The molecule has 1 saturated carbocycles. The Morgan fingerprint density at radius 2 is 1.82 bits per heavy atom. The van der Waals surface area contributed by atoms with Gasteiger partial charge in [-0.25, -0.2) is 4.98 Å². The molecule has 0 aliphatic heterocycles. The number of hydrogen-bond acceptors (Lipinski definition) is 7. The molecule has 7 nitrogen and oxygen atoms in total. The second-order valence-electron chi connectivity index (χ2n) is 9.24. The summed E-state index contributed by atoms with van der Waals surface area (Å²) in [5.41, 5.74) is -2.97. The van der Waals surface area contributed by atoms with Crippen molar-refractivity contribution in [1.82, 2.24) is 4.98 Å². The third-order valence-electron chi connectivity index (χ3n) is 5.69. The number of alkyl halides is 3. The lowest BCUT2D eigenvalue weighted by atomic mass is 9.82. The summed E-state index contributed by atoms with van der Waals surface area (Å²) < 4.78 is 50.2. The van der Waals surface area contributed by atoms with Crippen LogP contribution in [0.1, 0.15) is 61.8 Å². The van der Waals surface area contributed by atoms with Crippen LogP contribution in [0, 0.1) is 17.3 Å². The molecule has 0 aromatic carbocycles. The molecule has 0 spiro atoms. The van der Waals surface area contributed by atoms with Crippen LogP contribution >= 0.6 is 0 Å². The molecule has 1 aromatic rings. The summed E-state index contributed by atoms with van der Waals surface area (Å²) in [6.07, 6.45) is -3.19. The first kappa shape index (κ1) is 25.0. The third-order valence-corrected chi connectivity index (χ3v) is 5.69. The lowest BCUT2D eigenvalue weighted by Gasteiger charge is -2.27. The van der Waals surface area contributed by atoms with Crippen molar-refractivity contribution in [3.8, 4) is 0 Å². The van der Waals surface area contributed by atoms with E-state index in [-0.39, 0.29) is 41.7 Å². The van der Waals surface area contributed by atoms with Crippen LogP contribution in [0.25, 0.3) is 0 Å². The molecular formula is C23H26F3NO6. The summed E-state index contributed by atoms with van der Waals surface area (Å²) in [5.74, 6) is -2.65. The number of rotatable bonds is 7. The summed E-state index contributed by atoms with van der Waals surface area (Å²) in [4.78, 5) is 42.7. The SMILES string of the molecule is CC(C)(C)C(=O)OC1=C(C(=O)c2ccc(C(F)(F)F)nc2COCCO)C(=O)C2CCC1C2. The van der Waals surface area contributed by atoms with Crippen LogP contribution in [-0.2, 0) is 31.8 Å². The van der Waals surface area contributed by atoms with Crippen LogP contribution in [0.5, 0.6) is 0 Å². The second-order valence-corrected chi connectivity index (χ2v) is 9.24. The molecular weight excluding hydrogens is 443 g/mol. The van der Waals surface area contributed by atoms with Gasteiger partial charge in [0.05, 0.1) is 30.9 Å². The van der Waals surface area contributed by atoms with Crippen molar-refractivity contribution in [2.45, 2.75) is 52.8 Å². The number of esters is 1. The van der Waals surface area contributed by atoms with Gasteiger partial charge >= 0.3 is 12.1 Å². The highest BCUT2D eigenvalue weighted by Gasteiger charge is 2.46. The molecule has 1 aromatic heterocycles. The fourth-order valence-electron chi connectivity index (χ4n) is 3.94. The highest BCUT2D eigenvalue weighted by Crippen LogP contribution is 2.45. The van der Waals surface area contributed by atoms with E-state index in [0.717, 1.165) is 6.07 Å². The van der Waals surface area contributed by atoms with Crippen LogP contribution in [0.4, 0.5) is 13.2 Å². The predicted molar refractivity (Wildman–Crippen MR) is 109 cm³/mol. The number of fused-ring (bicyclic) bond motifs is 2. The number of ether oxygens (including phenoxy) is 2. The maximum Gasteiger partial charge on any atom is 0.433 e. The lowest BCUT2D eigenvalue weighted by molar-refractivity contribution is -0.149. The minimum Gasteiger partial charge on any atom is -0.429 e. The van der Waals surface area contributed by atoms with Crippen LogP contribution in [0.15, 0.2) is 23.5 Å². The first-order chi connectivity index (χ1) is 15.3. The van der Waals surface area contributed by atoms with E-state index in [2.05, 4.69) is 4.98 Å². The zero-order valence-electron chi connectivity index (χ0n) is 18.6. The molecule has 1 fully saturated rings. The predicted octanol–water partition coefficient (Wildman–Crippen LogP) is 3.63. The minimum absolute atomic E-state index is 0.0131. The Hall–Kier alpha value is -2.59. The number of allylic oxidation sites excluding steroid dienone is 2. The topological polar surface area (TPSA) is 103 Å². The lowest BCUT2D eigenvalue weighted by Crippen LogP contribution is -2.32. The number of halogens is 3. The Morgan fingerprint density at radius 3 is 2.42 bits per heavy atom. The molecule has 3 rings (SSSR count). The monoisotopic (exact) mass is 469 g/mol. The van der Waals surface area contributed by atoms with Gasteiger partial charge in [0.15, 0.2) is 5.78 Å². The van der Waals surface area contributed by atoms with E-state index in [1.54, 1.807) is 20.8 Å². The molecule has 2 aliphatic rings. The van der Waals surface area contributed by atoms with Gasteiger partial charge in [0.1, 0.15) is 17.0 Å². The van der Waals surface area contributed by atoms with E-state index in [9.17, 15) is 27.6 Å². The molecule has 2 aliphatic carbocycles. The Labute approximate surface area is 189 Å². The van der Waals surface area contributed by atoms with Crippen LogP contribution < -0.4 is 0 Å². The van der Waals surface area contributed by atoms with Crippen LogP contribution in [0.2, 0.25) is 0 Å². The summed E-state index contributed by atoms with van der Waals surface area (Å²) in [6.45, 7) is 3.88. The van der Waals surface area contributed by atoms with E-state index in [4.69, 9.17) is 14.6 Å². The van der Waals surface area contributed by atoms with Gasteiger partial charge in [-0.05, 0) is 52.2 Å². The third kappa shape index (κ3) is 5.33. The normalized spacial score (nSPS) is 20.9. The van der Waals surface area contributed by atoms with Crippen molar-refractivity contribution in [2.24, 2.45) is 17.3 Å². The fourth-order valence-corrected chi connectivity index (χ4v) is 3.94. The Kier molecular flexibility index (Phi) is 7.09. The Balaban J connectivity index is 2.08. The number of hydrogen-bond donors (Lipinski definition) is 1. The van der Waals surface area contributed by atoms with Crippen molar-refractivity contribution in [3.63, 3.8) is 0 Å². The smallest absolute Gasteiger partial charge is 0.429 e. The van der Waals surface area contributed by atoms with Crippen molar-refractivity contribution < 1.29 is 42.1 Å². The highest BCUT2D eigenvalue weighted by molar-refractivity contribution is 6.28. The van der Waals surface area contributed by atoms with Gasteiger partial charge in [0.25, 0.3) is 0 Å². The number of aromatic nitrogens is 1. The average molecular weight is 469 g/mol. The number of nitrogens with zero attached hydrogens (tertiary/aromatic N) is 1. The molecule has 2 bridgehead atoms. The van der Waals surface area contributed by atoms with E-state index < -0.39 is 47.3 Å². The Bertz CT molecular complexity index is 993. The standard InChI is InChI=1S/C23H26F3NO6/c1-22(2,3)21(31)33-20-13-5-4-12(10-13)18(29)17(20)19(30)14-6-7-16(23(24,25)26)27-15(14)11-32-9-8-28/h6-7,12-13,28H,4-5,8-11H2,1-3H3. The molecule has 0 amide bonds. The largest absolute Gasteiger partial charge is 0.433 e. The highest BCUT2D eigenvalue weighted by atomic mass is 19.4. The van der Waals surface area contributed by atoms with Gasteiger partial charge in [0, 0.05) is 17.4 Å². The maximum atomic E-state index is 13.5. The number of aliphatic hydroxyl groups excluding tert-OH is 1. The number of Topliss-reactive ketones (excluding diaryl/α,β-unsaturated/α-hetero) is 2. The molecule has 1 heterocycles. The van der Waals surface area contributed by atoms with Crippen molar-refractivity contribution in [1.29, 1.82) is 0 Å². The molecule has 180 valence electrons. The number of carbonyl (C=O) groups excluding carboxylic acids is 3. The summed E-state index contributed by atoms with van der Waals surface area (Å²) in [6, 6.07) is 1.61. The quantitative estimate of drug-likeness (QED) is 0.282. The molecule has 10 heteroatoms. The van der Waals surface area contributed by atoms with E-state index in [1.807, 2.05) is 0 Å².